The molecule has 5 heteroatoms. The van der Waals surface area contributed by atoms with Crippen molar-refractivity contribution in [1.82, 2.24) is 15.1 Å². The summed E-state index contributed by atoms with van der Waals surface area (Å²) >= 11 is 0. The molecule has 1 aromatic heterocycles. The lowest BCUT2D eigenvalue weighted by Crippen LogP contribution is -2.18. The van der Waals surface area contributed by atoms with Crippen LogP contribution in [0.5, 0.6) is 0 Å². The summed E-state index contributed by atoms with van der Waals surface area (Å²) in [5, 5.41) is 7.23. The van der Waals surface area contributed by atoms with Crippen LogP contribution in [0.4, 0.5) is 8.78 Å². The van der Waals surface area contributed by atoms with Gasteiger partial charge in [0.25, 0.3) is 0 Å². The van der Waals surface area contributed by atoms with Gasteiger partial charge < -0.3 is 5.32 Å². The lowest BCUT2D eigenvalue weighted by Gasteiger charge is -2.06. The maximum absolute atomic E-state index is 13.3. The van der Waals surface area contributed by atoms with Gasteiger partial charge in [-0.3, -0.25) is 4.68 Å². The van der Waals surface area contributed by atoms with Gasteiger partial charge in [-0.1, -0.05) is 6.07 Å². The smallest absolute Gasteiger partial charge is 0.130 e. The largest absolute Gasteiger partial charge is 0.312 e. The fourth-order valence-electron chi connectivity index (χ4n) is 1.73. The van der Waals surface area contributed by atoms with E-state index in [0.717, 1.165) is 12.1 Å². The highest BCUT2D eigenvalue weighted by molar-refractivity contribution is 5.19. The number of nitrogens with one attached hydrogen (secondary N) is 1. The van der Waals surface area contributed by atoms with Gasteiger partial charge in [-0.25, -0.2) is 8.78 Å². The predicted octanol–water partition coefficient (Wildman–Crippen LogP) is 2.03. The third kappa shape index (κ3) is 3.13. The Labute approximate surface area is 104 Å². The monoisotopic (exact) mass is 251 g/mol. The van der Waals surface area contributed by atoms with Gasteiger partial charge in [-0.15, -0.1) is 0 Å². The molecule has 0 unspecified atom stereocenters. The lowest BCUT2D eigenvalue weighted by molar-refractivity contribution is 0.535. The van der Waals surface area contributed by atoms with E-state index >= 15 is 0 Å². The van der Waals surface area contributed by atoms with Crippen LogP contribution in [0.15, 0.2) is 30.5 Å². The molecule has 0 amide bonds. The fraction of sp³-hybridized carbons (Fsp3) is 0.308. The third-order valence-electron chi connectivity index (χ3n) is 2.69. The number of hydrogen-bond donors (Lipinski definition) is 1. The summed E-state index contributed by atoms with van der Waals surface area (Å²) in [4.78, 5) is 0. The van der Waals surface area contributed by atoms with E-state index < -0.39 is 11.6 Å². The Morgan fingerprint density at radius 2 is 1.94 bits per heavy atom. The first-order valence-corrected chi connectivity index (χ1v) is 5.79. The normalized spacial score (nSPS) is 10.8. The molecule has 0 atom stereocenters. The molecule has 2 aromatic rings. The van der Waals surface area contributed by atoms with Gasteiger partial charge in [0.2, 0.25) is 0 Å². The van der Waals surface area contributed by atoms with Gasteiger partial charge in [0.1, 0.15) is 11.6 Å². The molecular weight excluding hydrogens is 236 g/mol. The minimum atomic E-state index is -0.514. The molecule has 0 radical (unpaired) electrons. The minimum Gasteiger partial charge on any atom is -0.312 e. The van der Waals surface area contributed by atoms with E-state index in [1.165, 1.54) is 18.2 Å². The van der Waals surface area contributed by atoms with Crippen molar-refractivity contribution >= 4 is 0 Å². The highest BCUT2D eigenvalue weighted by atomic mass is 19.1. The summed E-state index contributed by atoms with van der Waals surface area (Å²) in [5.74, 6) is -1.03. The van der Waals surface area contributed by atoms with Crippen LogP contribution in [0, 0.1) is 11.6 Å². The maximum atomic E-state index is 13.3. The standard InChI is InChI=1S/C13H15F2N3/c1-18-8-6-10(17-18)5-7-16-9-11-12(14)3-2-4-13(11)15/h2-4,6,8,16H,5,7,9H2,1H3. The van der Waals surface area contributed by atoms with Crippen LogP contribution in [0.3, 0.4) is 0 Å². The van der Waals surface area contributed by atoms with Crippen molar-refractivity contribution in [1.29, 1.82) is 0 Å². The SMILES string of the molecule is Cn1ccc(CCNCc2c(F)cccc2F)n1. The minimum absolute atomic E-state index is 0.0820. The van der Waals surface area contributed by atoms with Gasteiger partial charge in [0.15, 0.2) is 0 Å². The zero-order valence-electron chi connectivity index (χ0n) is 10.2. The molecule has 18 heavy (non-hydrogen) atoms. The van der Waals surface area contributed by atoms with Crippen LogP contribution in [-0.4, -0.2) is 16.3 Å². The van der Waals surface area contributed by atoms with E-state index in [1.807, 2.05) is 19.3 Å². The lowest BCUT2D eigenvalue weighted by atomic mass is 10.2. The van der Waals surface area contributed by atoms with E-state index in [9.17, 15) is 8.78 Å². The van der Waals surface area contributed by atoms with Gasteiger partial charge >= 0.3 is 0 Å². The van der Waals surface area contributed by atoms with E-state index in [2.05, 4.69) is 10.4 Å². The van der Waals surface area contributed by atoms with Gasteiger partial charge in [0, 0.05) is 38.3 Å². The summed E-state index contributed by atoms with van der Waals surface area (Å²) in [6.45, 7) is 0.816. The second kappa shape index (κ2) is 5.73. The van der Waals surface area contributed by atoms with Crippen LogP contribution in [0.2, 0.25) is 0 Å². The van der Waals surface area contributed by atoms with Crippen molar-refractivity contribution in [3.8, 4) is 0 Å². The Balaban J connectivity index is 1.82. The van der Waals surface area contributed by atoms with Crippen LogP contribution >= 0.6 is 0 Å². The Hall–Kier alpha value is -1.75. The number of hydrogen-bond acceptors (Lipinski definition) is 2. The molecule has 0 saturated heterocycles. The second-order valence-electron chi connectivity index (χ2n) is 4.11. The van der Waals surface area contributed by atoms with Crippen molar-refractivity contribution in [3.05, 3.63) is 53.4 Å². The summed E-state index contributed by atoms with van der Waals surface area (Å²) in [6, 6.07) is 5.81. The van der Waals surface area contributed by atoms with Crippen molar-refractivity contribution in [2.45, 2.75) is 13.0 Å². The molecule has 0 aliphatic carbocycles. The van der Waals surface area contributed by atoms with Gasteiger partial charge in [0.05, 0.1) is 5.69 Å². The van der Waals surface area contributed by atoms with E-state index in [4.69, 9.17) is 0 Å². The number of aryl methyl sites for hydroxylation is 1. The highest BCUT2D eigenvalue weighted by Gasteiger charge is 2.07. The van der Waals surface area contributed by atoms with Crippen molar-refractivity contribution < 1.29 is 8.78 Å². The van der Waals surface area contributed by atoms with Crippen molar-refractivity contribution in [2.24, 2.45) is 7.05 Å². The van der Waals surface area contributed by atoms with Crippen LogP contribution in [0.1, 0.15) is 11.3 Å². The topological polar surface area (TPSA) is 29.9 Å². The Kier molecular flexibility index (Phi) is 4.04. The number of aromatic nitrogens is 2. The summed E-state index contributed by atoms with van der Waals surface area (Å²) in [7, 11) is 1.85. The maximum Gasteiger partial charge on any atom is 0.130 e. The number of nitrogens with zero attached hydrogens (tertiary/aromatic N) is 2. The summed E-state index contributed by atoms with van der Waals surface area (Å²) in [5.41, 5.74) is 1.04. The average molecular weight is 251 g/mol. The van der Waals surface area contributed by atoms with Gasteiger partial charge in [-0.2, -0.15) is 5.10 Å². The molecular formula is C13H15F2N3. The average Bonchev–Trinajstić information content (AvgIpc) is 2.73. The predicted molar refractivity (Wildman–Crippen MR) is 65.0 cm³/mol. The summed E-state index contributed by atoms with van der Waals surface area (Å²) < 4.78 is 28.3. The highest BCUT2D eigenvalue weighted by Crippen LogP contribution is 2.11. The zero-order valence-corrected chi connectivity index (χ0v) is 10.2. The Morgan fingerprint density at radius 1 is 1.22 bits per heavy atom. The molecule has 1 aromatic carbocycles. The molecule has 0 aliphatic heterocycles. The third-order valence-corrected chi connectivity index (χ3v) is 2.69. The van der Waals surface area contributed by atoms with Crippen LogP contribution < -0.4 is 5.32 Å². The Bertz CT molecular complexity index is 502. The second-order valence-corrected chi connectivity index (χ2v) is 4.11. The molecule has 96 valence electrons. The fourth-order valence-corrected chi connectivity index (χ4v) is 1.73. The quantitative estimate of drug-likeness (QED) is 0.824. The first-order valence-electron chi connectivity index (χ1n) is 5.79. The van der Waals surface area contributed by atoms with Crippen LogP contribution in [0.25, 0.3) is 0 Å². The molecule has 0 fully saturated rings. The molecule has 0 spiro atoms. The molecule has 2 rings (SSSR count). The molecule has 0 bridgehead atoms. The first kappa shape index (κ1) is 12.7. The molecule has 1 heterocycles. The molecule has 3 nitrogen and oxygen atoms in total. The van der Waals surface area contributed by atoms with E-state index in [0.29, 0.717) is 6.54 Å². The van der Waals surface area contributed by atoms with Gasteiger partial charge in [-0.05, 0) is 18.2 Å². The molecule has 0 saturated carbocycles. The molecule has 1 N–H and O–H groups in total. The Morgan fingerprint density at radius 3 is 2.56 bits per heavy atom. The number of benzene rings is 1. The van der Waals surface area contributed by atoms with Crippen LogP contribution in [-0.2, 0) is 20.0 Å². The van der Waals surface area contributed by atoms with Crippen molar-refractivity contribution in [3.63, 3.8) is 0 Å². The van der Waals surface area contributed by atoms with E-state index in [-0.39, 0.29) is 12.1 Å². The number of rotatable bonds is 5. The van der Waals surface area contributed by atoms with Crippen molar-refractivity contribution in [2.75, 3.05) is 6.54 Å². The van der Waals surface area contributed by atoms with E-state index in [1.54, 1.807) is 4.68 Å². The molecule has 0 aliphatic rings. The zero-order chi connectivity index (χ0) is 13.0. The number of halogens is 2. The first-order chi connectivity index (χ1) is 8.66. The summed E-state index contributed by atoms with van der Waals surface area (Å²) in [6.07, 6.45) is 2.60.